The number of anilines is 1. The monoisotopic (exact) mass is 387 g/mol. The maximum atomic E-state index is 12.2. The van der Waals surface area contributed by atoms with Crippen LogP contribution in [-0.2, 0) is 4.79 Å². The molecule has 0 radical (unpaired) electrons. The van der Waals surface area contributed by atoms with Crippen molar-refractivity contribution in [2.75, 3.05) is 12.0 Å². The molecule has 0 aliphatic heterocycles. The summed E-state index contributed by atoms with van der Waals surface area (Å²) in [5, 5.41) is 0.888. The molecule has 0 aliphatic carbocycles. The van der Waals surface area contributed by atoms with Crippen LogP contribution in [0, 0.1) is 0 Å². The van der Waals surface area contributed by atoms with E-state index in [0.29, 0.717) is 22.0 Å². The second-order valence-corrected chi connectivity index (χ2v) is 5.86. The molecular formula is C15H12Cl3N3O3. The van der Waals surface area contributed by atoms with Crippen LogP contribution in [0.3, 0.4) is 0 Å². The fraction of sp³-hybridized carbons (Fsp3) is 0.0667. The average molecular weight is 389 g/mol. The number of hydrazine groups is 1. The molecule has 0 unspecified atom stereocenters. The molecule has 2 amide bonds. The van der Waals surface area contributed by atoms with Gasteiger partial charge in [-0.25, -0.2) is 0 Å². The Kier molecular flexibility index (Phi) is 6.14. The molecule has 2 aromatic rings. The van der Waals surface area contributed by atoms with Crippen molar-refractivity contribution in [2.24, 2.45) is 5.73 Å². The van der Waals surface area contributed by atoms with Gasteiger partial charge < -0.3 is 10.5 Å². The first kappa shape index (κ1) is 18.2. The Hall–Kier alpha value is -2.15. The molecule has 0 atom stereocenters. The van der Waals surface area contributed by atoms with E-state index in [9.17, 15) is 9.59 Å². The summed E-state index contributed by atoms with van der Waals surface area (Å²) in [6, 6.07) is 9.21. The topological polar surface area (TPSA) is 93.5 Å². The van der Waals surface area contributed by atoms with Crippen molar-refractivity contribution in [3.05, 3.63) is 57.0 Å². The molecule has 0 fully saturated rings. The first-order chi connectivity index (χ1) is 11.4. The summed E-state index contributed by atoms with van der Waals surface area (Å²) in [5.74, 6) is -0.732. The van der Waals surface area contributed by atoms with Crippen molar-refractivity contribution >= 4 is 52.3 Å². The number of carbonyl (C=O) groups excluding carboxylic acids is 2. The highest BCUT2D eigenvalue weighted by atomic mass is 35.5. The van der Waals surface area contributed by atoms with E-state index in [2.05, 4.69) is 10.9 Å². The number of halogens is 3. The Balaban J connectivity index is 2.05. The van der Waals surface area contributed by atoms with Gasteiger partial charge in [0, 0.05) is 10.6 Å². The zero-order valence-electron chi connectivity index (χ0n) is 12.1. The third-order valence-electron chi connectivity index (χ3n) is 2.79. The van der Waals surface area contributed by atoms with Gasteiger partial charge >= 0.3 is 0 Å². The number of ether oxygens (including phenoxy) is 1. The lowest BCUT2D eigenvalue weighted by atomic mass is 10.2. The van der Waals surface area contributed by atoms with Crippen molar-refractivity contribution in [1.82, 2.24) is 5.43 Å². The van der Waals surface area contributed by atoms with Gasteiger partial charge in [0.15, 0.2) is 6.61 Å². The Morgan fingerprint density at radius 2 is 1.75 bits per heavy atom. The lowest BCUT2D eigenvalue weighted by Gasteiger charge is -2.12. The minimum atomic E-state index is -0.612. The van der Waals surface area contributed by atoms with Gasteiger partial charge in [0.05, 0.1) is 15.7 Å². The number of nitrogens with one attached hydrogen (secondary N) is 2. The lowest BCUT2D eigenvalue weighted by Crippen LogP contribution is -2.29. The smallest absolute Gasteiger partial charge is 0.269 e. The predicted molar refractivity (Wildman–Crippen MR) is 93.7 cm³/mol. The summed E-state index contributed by atoms with van der Waals surface area (Å²) in [7, 11) is 0. The van der Waals surface area contributed by atoms with Crippen molar-refractivity contribution in [2.45, 2.75) is 0 Å². The number of benzene rings is 2. The minimum absolute atomic E-state index is 0.256. The van der Waals surface area contributed by atoms with Gasteiger partial charge in [-0.15, -0.1) is 0 Å². The lowest BCUT2D eigenvalue weighted by molar-refractivity contribution is -0.119. The number of amides is 2. The number of hydrogen-bond acceptors (Lipinski definition) is 4. The van der Waals surface area contributed by atoms with Crippen LogP contribution in [0.15, 0.2) is 36.4 Å². The van der Waals surface area contributed by atoms with E-state index < -0.39 is 11.8 Å². The zero-order valence-corrected chi connectivity index (χ0v) is 14.4. The third kappa shape index (κ3) is 4.92. The Morgan fingerprint density at radius 3 is 2.38 bits per heavy atom. The minimum Gasteiger partial charge on any atom is -0.484 e. The van der Waals surface area contributed by atoms with Crippen LogP contribution in [0.25, 0.3) is 0 Å². The maximum Gasteiger partial charge on any atom is 0.269 e. The predicted octanol–water partition coefficient (Wildman–Crippen LogP) is 3.27. The van der Waals surface area contributed by atoms with Crippen molar-refractivity contribution in [1.29, 1.82) is 0 Å². The number of carbonyl (C=O) groups is 2. The number of primary amides is 1. The van der Waals surface area contributed by atoms with Crippen LogP contribution in [-0.4, -0.2) is 18.4 Å². The van der Waals surface area contributed by atoms with Gasteiger partial charge in [-0.05, 0) is 30.3 Å². The largest absolute Gasteiger partial charge is 0.484 e. The van der Waals surface area contributed by atoms with Crippen LogP contribution in [0.1, 0.15) is 10.4 Å². The highest BCUT2D eigenvalue weighted by Gasteiger charge is 2.11. The molecule has 0 saturated heterocycles. The molecule has 126 valence electrons. The van der Waals surface area contributed by atoms with E-state index in [-0.39, 0.29) is 16.7 Å². The average Bonchev–Trinajstić information content (AvgIpc) is 2.52. The molecule has 2 aromatic carbocycles. The number of nitrogens with two attached hydrogens (primary N) is 1. The Bertz CT molecular complexity index is 761. The van der Waals surface area contributed by atoms with Crippen LogP contribution < -0.4 is 21.3 Å². The highest BCUT2D eigenvalue weighted by Crippen LogP contribution is 2.33. The summed E-state index contributed by atoms with van der Waals surface area (Å²) in [6.07, 6.45) is 0. The number of hydrogen-bond donors (Lipinski definition) is 3. The van der Waals surface area contributed by atoms with Crippen LogP contribution in [0.2, 0.25) is 15.1 Å². The molecule has 0 spiro atoms. The van der Waals surface area contributed by atoms with Gasteiger partial charge in [0.2, 0.25) is 0 Å². The highest BCUT2D eigenvalue weighted by molar-refractivity contribution is 6.41. The van der Waals surface area contributed by atoms with Gasteiger partial charge in [0.25, 0.3) is 11.8 Å². The Morgan fingerprint density at radius 1 is 1.08 bits per heavy atom. The van der Waals surface area contributed by atoms with Gasteiger partial charge in [0.1, 0.15) is 5.75 Å². The molecule has 9 heteroatoms. The standard InChI is InChI=1S/C15H12Cl3N3O3/c16-9-5-11(17)14(12(18)6-9)20-21-15(23)8-2-1-3-10(4-8)24-7-13(19)22/h1-6,20H,7H2,(H2,19,22)(H,21,23). The second kappa shape index (κ2) is 8.10. The third-order valence-corrected chi connectivity index (χ3v) is 3.60. The Labute approximate surface area is 152 Å². The molecule has 0 aliphatic rings. The zero-order chi connectivity index (χ0) is 17.7. The van der Waals surface area contributed by atoms with Crippen molar-refractivity contribution < 1.29 is 14.3 Å². The summed E-state index contributed by atoms with van der Waals surface area (Å²) in [4.78, 5) is 22.9. The summed E-state index contributed by atoms with van der Waals surface area (Å²) in [5.41, 5.74) is 10.7. The number of rotatable bonds is 6. The molecule has 24 heavy (non-hydrogen) atoms. The van der Waals surface area contributed by atoms with E-state index >= 15 is 0 Å². The molecule has 0 bridgehead atoms. The molecule has 0 saturated carbocycles. The SMILES string of the molecule is NC(=O)COc1cccc(C(=O)NNc2c(Cl)cc(Cl)cc2Cl)c1. The van der Waals surface area contributed by atoms with Crippen molar-refractivity contribution in [3.8, 4) is 5.75 Å². The van der Waals surface area contributed by atoms with E-state index in [0.717, 1.165) is 0 Å². The van der Waals surface area contributed by atoms with Gasteiger partial charge in [-0.3, -0.25) is 20.4 Å². The molecular weight excluding hydrogens is 377 g/mol. The van der Waals surface area contributed by atoms with E-state index in [4.69, 9.17) is 45.3 Å². The van der Waals surface area contributed by atoms with Gasteiger partial charge in [-0.2, -0.15) is 0 Å². The van der Waals surface area contributed by atoms with Crippen molar-refractivity contribution in [3.63, 3.8) is 0 Å². The normalized spacial score (nSPS) is 10.1. The summed E-state index contributed by atoms with van der Waals surface area (Å²) < 4.78 is 5.14. The van der Waals surface area contributed by atoms with E-state index in [1.54, 1.807) is 18.2 Å². The maximum absolute atomic E-state index is 12.2. The quantitative estimate of drug-likeness (QED) is 0.662. The van der Waals surface area contributed by atoms with E-state index in [1.165, 1.54) is 18.2 Å². The first-order valence-corrected chi connectivity index (χ1v) is 7.72. The molecule has 6 nitrogen and oxygen atoms in total. The summed E-state index contributed by atoms with van der Waals surface area (Å²) in [6.45, 7) is -0.278. The second-order valence-electron chi connectivity index (χ2n) is 4.61. The molecule has 4 N–H and O–H groups in total. The van der Waals surface area contributed by atoms with Crippen LogP contribution in [0.4, 0.5) is 5.69 Å². The van der Waals surface area contributed by atoms with Gasteiger partial charge in [-0.1, -0.05) is 40.9 Å². The fourth-order valence-electron chi connectivity index (χ4n) is 1.73. The molecule has 0 aromatic heterocycles. The van der Waals surface area contributed by atoms with E-state index in [1.807, 2.05) is 0 Å². The summed E-state index contributed by atoms with van der Waals surface area (Å²) >= 11 is 17.8. The first-order valence-electron chi connectivity index (χ1n) is 6.59. The van der Waals surface area contributed by atoms with Crippen LogP contribution >= 0.6 is 34.8 Å². The molecule has 2 rings (SSSR count). The fourth-order valence-corrected chi connectivity index (χ4v) is 2.65. The molecule has 0 heterocycles. The van der Waals surface area contributed by atoms with Crippen LogP contribution in [0.5, 0.6) is 5.75 Å².